The molecule has 2 atom stereocenters. The number of morpholine rings is 1. The number of carbonyl (C=O) groups excluding carboxylic acids is 1. The Hall–Kier alpha value is -1.39. The van der Waals surface area contributed by atoms with Gasteiger partial charge in [0.2, 0.25) is 6.29 Å². The number of amides is 1. The normalized spacial score (nSPS) is 23.2. The van der Waals surface area contributed by atoms with Crippen molar-refractivity contribution in [3.8, 4) is 0 Å². The zero-order valence-electron chi connectivity index (χ0n) is 9.17. The Morgan fingerprint density at radius 3 is 2.81 bits per heavy atom. The van der Waals surface area contributed by atoms with E-state index in [9.17, 15) is 9.90 Å². The number of hydrogen-bond donors (Lipinski definition) is 1. The first-order chi connectivity index (χ1) is 7.70. The van der Waals surface area contributed by atoms with Crippen molar-refractivity contribution in [1.82, 2.24) is 4.90 Å². The molecule has 1 N–H and O–H groups in total. The Labute approximate surface area is 94.4 Å². The quantitative estimate of drug-likeness (QED) is 0.808. The van der Waals surface area contributed by atoms with Gasteiger partial charge in [-0.15, -0.1) is 0 Å². The zero-order chi connectivity index (χ0) is 11.5. The largest absolute Gasteiger partial charge is 0.361 e. The van der Waals surface area contributed by atoms with Crippen molar-refractivity contribution >= 4 is 5.91 Å². The van der Waals surface area contributed by atoms with Gasteiger partial charge in [-0.05, 0) is 12.5 Å². The summed E-state index contributed by atoms with van der Waals surface area (Å²) >= 11 is 0. The fourth-order valence-electron chi connectivity index (χ4n) is 1.88. The van der Waals surface area contributed by atoms with E-state index < -0.39 is 6.29 Å². The fraction of sp³-hybridized carbons (Fsp3) is 0.417. The Bertz CT molecular complexity index is 366. The third-order valence-corrected chi connectivity index (χ3v) is 2.85. The van der Waals surface area contributed by atoms with E-state index in [0.29, 0.717) is 13.2 Å². The number of rotatable bonds is 2. The van der Waals surface area contributed by atoms with Crippen LogP contribution in [0.3, 0.4) is 0 Å². The third-order valence-electron chi connectivity index (χ3n) is 2.85. The number of aliphatic hydroxyl groups is 1. The van der Waals surface area contributed by atoms with E-state index in [0.717, 1.165) is 5.56 Å². The van der Waals surface area contributed by atoms with Crippen LogP contribution in [-0.4, -0.2) is 35.4 Å². The fourth-order valence-corrected chi connectivity index (χ4v) is 1.88. The van der Waals surface area contributed by atoms with Gasteiger partial charge in [-0.25, -0.2) is 0 Å². The number of ether oxygens (including phenoxy) is 1. The summed E-state index contributed by atoms with van der Waals surface area (Å²) < 4.78 is 4.87. The van der Waals surface area contributed by atoms with Gasteiger partial charge in [0.15, 0.2) is 0 Å². The summed E-state index contributed by atoms with van der Waals surface area (Å²) in [4.78, 5) is 13.3. The molecule has 1 amide bonds. The zero-order valence-corrected chi connectivity index (χ0v) is 9.17. The summed E-state index contributed by atoms with van der Waals surface area (Å²) in [7, 11) is 0. The van der Waals surface area contributed by atoms with Gasteiger partial charge in [0.05, 0.1) is 12.6 Å². The second-order valence-electron chi connectivity index (χ2n) is 3.84. The maximum absolute atomic E-state index is 11.7. The molecule has 0 radical (unpaired) electrons. The minimum absolute atomic E-state index is 0.0350. The van der Waals surface area contributed by atoms with Gasteiger partial charge >= 0.3 is 0 Å². The molecule has 1 heterocycles. The molecule has 1 aromatic rings. The van der Waals surface area contributed by atoms with Gasteiger partial charge in [0, 0.05) is 6.54 Å². The number of hydrogen-bond acceptors (Lipinski definition) is 3. The van der Waals surface area contributed by atoms with Crippen molar-refractivity contribution in [1.29, 1.82) is 0 Å². The molecule has 1 aromatic carbocycles. The molecular formula is C12H15NO3. The number of aliphatic hydroxyl groups excluding tert-OH is 1. The molecule has 86 valence electrons. The van der Waals surface area contributed by atoms with Crippen LogP contribution in [0.15, 0.2) is 30.3 Å². The summed E-state index contributed by atoms with van der Waals surface area (Å²) in [5.74, 6) is -0.359. The highest BCUT2D eigenvalue weighted by Gasteiger charge is 2.31. The van der Waals surface area contributed by atoms with Gasteiger partial charge in [-0.3, -0.25) is 4.79 Å². The van der Waals surface area contributed by atoms with E-state index >= 15 is 0 Å². The van der Waals surface area contributed by atoms with Crippen molar-refractivity contribution < 1.29 is 14.6 Å². The minimum atomic E-state index is -1.31. The first kappa shape index (κ1) is 11.1. The third kappa shape index (κ3) is 2.08. The molecule has 0 spiro atoms. The number of carbonyl (C=O) groups is 1. The van der Waals surface area contributed by atoms with Crippen LogP contribution in [-0.2, 0) is 9.53 Å². The van der Waals surface area contributed by atoms with Crippen LogP contribution in [0.1, 0.15) is 18.5 Å². The summed E-state index contributed by atoms with van der Waals surface area (Å²) in [6.45, 7) is 2.85. The lowest BCUT2D eigenvalue weighted by molar-refractivity contribution is -0.186. The minimum Gasteiger partial charge on any atom is -0.361 e. The van der Waals surface area contributed by atoms with Gasteiger partial charge < -0.3 is 14.7 Å². The lowest BCUT2D eigenvalue weighted by Crippen LogP contribution is -2.48. The lowest BCUT2D eigenvalue weighted by Gasteiger charge is -2.34. The predicted octanol–water partition coefficient (Wildman–Crippen LogP) is 0.925. The molecular weight excluding hydrogens is 206 g/mol. The van der Waals surface area contributed by atoms with E-state index in [2.05, 4.69) is 0 Å². The Kier molecular flexibility index (Phi) is 3.22. The van der Waals surface area contributed by atoms with Crippen LogP contribution in [0.2, 0.25) is 0 Å². The van der Waals surface area contributed by atoms with Crippen molar-refractivity contribution in [2.24, 2.45) is 0 Å². The maximum atomic E-state index is 11.7. The molecule has 0 aliphatic carbocycles. The summed E-state index contributed by atoms with van der Waals surface area (Å²) in [5.41, 5.74) is 1.06. The molecule has 1 aliphatic rings. The van der Waals surface area contributed by atoms with Gasteiger partial charge in [0.1, 0.15) is 0 Å². The average molecular weight is 221 g/mol. The highest BCUT2D eigenvalue weighted by molar-refractivity contribution is 5.80. The predicted molar refractivity (Wildman–Crippen MR) is 58.5 cm³/mol. The molecule has 4 nitrogen and oxygen atoms in total. The van der Waals surface area contributed by atoms with Gasteiger partial charge in [-0.1, -0.05) is 30.3 Å². The van der Waals surface area contributed by atoms with Crippen LogP contribution >= 0.6 is 0 Å². The van der Waals surface area contributed by atoms with Crippen LogP contribution in [0.5, 0.6) is 0 Å². The van der Waals surface area contributed by atoms with E-state index in [1.54, 1.807) is 4.90 Å². The van der Waals surface area contributed by atoms with Crippen molar-refractivity contribution in [2.75, 3.05) is 13.2 Å². The molecule has 4 heteroatoms. The molecule has 0 bridgehead atoms. The second-order valence-corrected chi connectivity index (χ2v) is 3.84. The van der Waals surface area contributed by atoms with E-state index in [1.807, 2.05) is 37.3 Å². The highest BCUT2D eigenvalue weighted by Crippen LogP contribution is 2.22. The molecule has 0 aromatic heterocycles. The van der Waals surface area contributed by atoms with Gasteiger partial charge in [-0.2, -0.15) is 0 Å². The standard InChI is InChI=1S/C12H15NO3/c1-9(10-5-3-2-4-6-10)13-7-8-16-12(15)11(13)14/h2-6,9,12,15H,7-8H2,1H3/t9-,12?/m0/s1. The number of benzene rings is 1. The molecule has 1 fully saturated rings. The van der Waals surface area contributed by atoms with Crippen molar-refractivity contribution in [3.05, 3.63) is 35.9 Å². The smallest absolute Gasteiger partial charge is 0.279 e. The maximum Gasteiger partial charge on any atom is 0.279 e. The van der Waals surface area contributed by atoms with Crippen molar-refractivity contribution in [3.63, 3.8) is 0 Å². The molecule has 2 rings (SSSR count). The summed E-state index contributed by atoms with van der Waals surface area (Å²) in [5, 5.41) is 9.33. The Morgan fingerprint density at radius 1 is 1.44 bits per heavy atom. The molecule has 16 heavy (non-hydrogen) atoms. The van der Waals surface area contributed by atoms with E-state index in [4.69, 9.17) is 4.74 Å². The van der Waals surface area contributed by atoms with E-state index in [1.165, 1.54) is 0 Å². The van der Waals surface area contributed by atoms with Crippen LogP contribution < -0.4 is 0 Å². The van der Waals surface area contributed by atoms with Crippen LogP contribution in [0, 0.1) is 0 Å². The van der Waals surface area contributed by atoms with Crippen LogP contribution in [0.25, 0.3) is 0 Å². The lowest BCUT2D eigenvalue weighted by atomic mass is 10.1. The summed E-state index contributed by atoms with van der Waals surface area (Å²) in [6.07, 6.45) is -1.31. The Balaban J connectivity index is 2.15. The summed E-state index contributed by atoms with van der Waals surface area (Å²) in [6, 6.07) is 9.72. The van der Waals surface area contributed by atoms with Crippen LogP contribution in [0.4, 0.5) is 0 Å². The molecule has 1 aliphatic heterocycles. The van der Waals surface area contributed by atoms with Gasteiger partial charge in [0.25, 0.3) is 5.91 Å². The highest BCUT2D eigenvalue weighted by atomic mass is 16.6. The topological polar surface area (TPSA) is 49.8 Å². The average Bonchev–Trinajstić information content (AvgIpc) is 2.33. The van der Waals surface area contributed by atoms with Crippen molar-refractivity contribution in [2.45, 2.75) is 19.3 Å². The number of nitrogens with zero attached hydrogens (tertiary/aromatic N) is 1. The first-order valence-corrected chi connectivity index (χ1v) is 5.35. The second kappa shape index (κ2) is 4.63. The first-order valence-electron chi connectivity index (χ1n) is 5.35. The monoisotopic (exact) mass is 221 g/mol. The van der Waals surface area contributed by atoms with E-state index in [-0.39, 0.29) is 11.9 Å². The molecule has 1 unspecified atom stereocenters. The SMILES string of the molecule is C[C@@H](c1ccccc1)N1CCOC(O)C1=O. The Morgan fingerprint density at radius 2 is 2.12 bits per heavy atom. The molecule has 1 saturated heterocycles. The molecule has 0 saturated carbocycles.